The first-order chi connectivity index (χ1) is 9.15. The van der Waals surface area contributed by atoms with Crippen molar-refractivity contribution in [3.05, 3.63) is 53.2 Å². The molecule has 0 aliphatic rings. The number of benzene rings is 1. The van der Waals surface area contributed by atoms with E-state index in [-0.39, 0.29) is 17.5 Å². The molecule has 19 heavy (non-hydrogen) atoms. The van der Waals surface area contributed by atoms with Crippen molar-refractivity contribution in [2.45, 2.75) is 12.8 Å². The van der Waals surface area contributed by atoms with Crippen LogP contribution in [0.15, 0.2) is 42.6 Å². The second-order valence-electron chi connectivity index (χ2n) is 4.05. The minimum absolute atomic E-state index is 0.0430. The summed E-state index contributed by atoms with van der Waals surface area (Å²) in [5.74, 6) is -0.0637. The van der Waals surface area contributed by atoms with Gasteiger partial charge in [-0.3, -0.25) is 4.79 Å². The lowest BCUT2D eigenvalue weighted by Crippen LogP contribution is -2.13. The Morgan fingerprint density at radius 3 is 2.89 bits per heavy atom. The zero-order valence-electron chi connectivity index (χ0n) is 10.1. The summed E-state index contributed by atoms with van der Waals surface area (Å²) in [6, 6.07) is 10.4. The molecular weight excluding hydrogens is 264 g/mol. The molecule has 0 fully saturated rings. The molecule has 2 rings (SSSR count). The molecule has 1 heterocycles. The maximum absolute atomic E-state index is 11.7. The molecule has 1 amide bonds. The molecule has 0 radical (unpaired) electrons. The van der Waals surface area contributed by atoms with Crippen LogP contribution < -0.4 is 5.32 Å². The van der Waals surface area contributed by atoms with Gasteiger partial charge in [0.25, 0.3) is 0 Å². The highest BCUT2D eigenvalue weighted by molar-refractivity contribution is 6.30. The van der Waals surface area contributed by atoms with E-state index in [1.807, 2.05) is 18.2 Å². The average Bonchev–Trinajstić information content (AvgIpc) is 2.39. The highest BCUT2D eigenvalue weighted by atomic mass is 35.5. The van der Waals surface area contributed by atoms with Crippen LogP contribution in [0.2, 0.25) is 5.02 Å². The number of amides is 1. The minimum atomic E-state index is -0.200. The Balaban J connectivity index is 1.90. The summed E-state index contributed by atoms with van der Waals surface area (Å²) in [6.07, 6.45) is 2.39. The third kappa shape index (κ3) is 3.96. The number of rotatable bonds is 4. The van der Waals surface area contributed by atoms with E-state index < -0.39 is 0 Å². The number of nitrogens with one attached hydrogen (secondary N) is 1. The zero-order chi connectivity index (χ0) is 13.7. The molecule has 2 aromatic rings. The van der Waals surface area contributed by atoms with Gasteiger partial charge < -0.3 is 10.4 Å². The fraction of sp³-hybridized carbons (Fsp3) is 0.143. The van der Waals surface area contributed by atoms with E-state index in [0.29, 0.717) is 17.9 Å². The van der Waals surface area contributed by atoms with E-state index in [0.717, 1.165) is 5.56 Å². The van der Waals surface area contributed by atoms with Gasteiger partial charge in [-0.15, -0.1) is 0 Å². The summed E-state index contributed by atoms with van der Waals surface area (Å²) in [6.45, 7) is 0. The van der Waals surface area contributed by atoms with Gasteiger partial charge in [0.2, 0.25) is 5.91 Å². The second-order valence-corrected chi connectivity index (χ2v) is 4.49. The van der Waals surface area contributed by atoms with Crippen molar-refractivity contribution in [1.82, 2.24) is 4.98 Å². The standard InChI is InChI=1S/C14H13ClN2O2/c15-11-4-1-3-10(9-11)6-7-13(19)17-14-12(18)5-2-8-16-14/h1-5,8-9,18H,6-7H2,(H,16,17,19). The molecule has 1 aromatic carbocycles. The molecule has 0 aliphatic heterocycles. The van der Waals surface area contributed by atoms with Gasteiger partial charge >= 0.3 is 0 Å². The molecule has 0 bridgehead atoms. The molecule has 0 atom stereocenters. The lowest BCUT2D eigenvalue weighted by Gasteiger charge is -2.06. The van der Waals surface area contributed by atoms with Crippen LogP contribution in [0.4, 0.5) is 5.82 Å². The SMILES string of the molecule is O=C(CCc1cccc(Cl)c1)Nc1ncccc1O. The van der Waals surface area contributed by atoms with Crippen molar-refractivity contribution in [3.63, 3.8) is 0 Å². The Bertz CT molecular complexity index is 587. The predicted octanol–water partition coefficient (Wildman–Crippen LogP) is 3.01. The molecule has 0 saturated carbocycles. The number of aryl methyl sites for hydroxylation is 1. The number of carbonyl (C=O) groups is 1. The van der Waals surface area contributed by atoms with E-state index in [2.05, 4.69) is 10.3 Å². The summed E-state index contributed by atoms with van der Waals surface area (Å²) >= 11 is 5.87. The monoisotopic (exact) mass is 276 g/mol. The molecule has 1 aromatic heterocycles. The Hall–Kier alpha value is -2.07. The topological polar surface area (TPSA) is 62.2 Å². The molecule has 5 heteroatoms. The maximum atomic E-state index is 11.7. The Morgan fingerprint density at radius 1 is 1.32 bits per heavy atom. The first-order valence-electron chi connectivity index (χ1n) is 5.83. The predicted molar refractivity (Wildman–Crippen MR) is 74.3 cm³/mol. The smallest absolute Gasteiger partial charge is 0.225 e. The van der Waals surface area contributed by atoms with Gasteiger partial charge in [-0.2, -0.15) is 0 Å². The fourth-order valence-electron chi connectivity index (χ4n) is 1.64. The first-order valence-corrected chi connectivity index (χ1v) is 6.21. The largest absolute Gasteiger partial charge is 0.504 e. The minimum Gasteiger partial charge on any atom is -0.504 e. The number of halogens is 1. The van der Waals surface area contributed by atoms with Crippen LogP contribution in [0.3, 0.4) is 0 Å². The Morgan fingerprint density at radius 2 is 2.16 bits per heavy atom. The normalized spacial score (nSPS) is 10.2. The number of anilines is 1. The Kier molecular flexibility index (Phi) is 4.36. The fourth-order valence-corrected chi connectivity index (χ4v) is 1.85. The highest BCUT2D eigenvalue weighted by Gasteiger charge is 2.07. The van der Waals surface area contributed by atoms with Crippen molar-refractivity contribution in [3.8, 4) is 5.75 Å². The van der Waals surface area contributed by atoms with Gasteiger partial charge in [0, 0.05) is 17.6 Å². The van der Waals surface area contributed by atoms with Crippen molar-refractivity contribution in [2.75, 3.05) is 5.32 Å². The summed E-state index contributed by atoms with van der Waals surface area (Å²) in [7, 11) is 0. The van der Waals surface area contributed by atoms with Crippen LogP contribution in [-0.4, -0.2) is 16.0 Å². The lowest BCUT2D eigenvalue weighted by atomic mass is 10.1. The van der Waals surface area contributed by atoms with Crippen LogP contribution in [0.25, 0.3) is 0 Å². The first kappa shape index (κ1) is 13.4. The quantitative estimate of drug-likeness (QED) is 0.902. The van der Waals surface area contributed by atoms with Gasteiger partial charge in [0.1, 0.15) is 0 Å². The van der Waals surface area contributed by atoms with Crippen LogP contribution in [0.5, 0.6) is 5.75 Å². The lowest BCUT2D eigenvalue weighted by molar-refractivity contribution is -0.116. The number of pyridine rings is 1. The van der Waals surface area contributed by atoms with Crippen molar-refractivity contribution in [1.29, 1.82) is 0 Å². The van der Waals surface area contributed by atoms with Crippen molar-refractivity contribution in [2.24, 2.45) is 0 Å². The Labute approximate surface area is 116 Å². The maximum Gasteiger partial charge on any atom is 0.225 e. The molecule has 0 saturated heterocycles. The van der Waals surface area contributed by atoms with Gasteiger partial charge in [0.15, 0.2) is 11.6 Å². The van der Waals surface area contributed by atoms with Crippen molar-refractivity contribution < 1.29 is 9.90 Å². The zero-order valence-corrected chi connectivity index (χ0v) is 10.9. The molecule has 0 spiro atoms. The summed E-state index contributed by atoms with van der Waals surface area (Å²) in [4.78, 5) is 15.6. The summed E-state index contributed by atoms with van der Waals surface area (Å²) in [5, 5.41) is 12.7. The van der Waals surface area contributed by atoms with E-state index in [9.17, 15) is 9.90 Å². The molecular formula is C14H13ClN2O2. The van der Waals surface area contributed by atoms with Crippen molar-refractivity contribution >= 4 is 23.3 Å². The number of carbonyl (C=O) groups excluding carboxylic acids is 1. The second kappa shape index (κ2) is 6.20. The molecule has 0 aliphatic carbocycles. The van der Waals surface area contributed by atoms with E-state index in [1.54, 1.807) is 12.1 Å². The van der Waals surface area contributed by atoms with Gasteiger partial charge in [-0.05, 0) is 36.2 Å². The van der Waals surface area contributed by atoms with Crippen LogP contribution in [0.1, 0.15) is 12.0 Å². The van der Waals surface area contributed by atoms with Crippen LogP contribution in [0, 0.1) is 0 Å². The highest BCUT2D eigenvalue weighted by Crippen LogP contribution is 2.18. The number of aromatic nitrogens is 1. The van der Waals surface area contributed by atoms with Gasteiger partial charge in [-0.25, -0.2) is 4.98 Å². The van der Waals surface area contributed by atoms with Crippen LogP contribution in [-0.2, 0) is 11.2 Å². The van der Waals surface area contributed by atoms with E-state index in [4.69, 9.17) is 11.6 Å². The number of aromatic hydroxyl groups is 1. The average molecular weight is 277 g/mol. The van der Waals surface area contributed by atoms with Gasteiger partial charge in [0.05, 0.1) is 0 Å². The van der Waals surface area contributed by atoms with Crippen LogP contribution >= 0.6 is 11.6 Å². The number of nitrogens with zero attached hydrogens (tertiary/aromatic N) is 1. The molecule has 98 valence electrons. The third-order valence-electron chi connectivity index (χ3n) is 2.57. The molecule has 0 unspecified atom stereocenters. The number of hydrogen-bond donors (Lipinski definition) is 2. The summed E-state index contributed by atoms with van der Waals surface area (Å²) in [5.41, 5.74) is 0.993. The molecule has 2 N–H and O–H groups in total. The van der Waals surface area contributed by atoms with Gasteiger partial charge in [-0.1, -0.05) is 23.7 Å². The molecule has 4 nitrogen and oxygen atoms in total. The van der Waals surface area contributed by atoms with E-state index >= 15 is 0 Å². The van der Waals surface area contributed by atoms with E-state index in [1.165, 1.54) is 12.3 Å². The summed E-state index contributed by atoms with van der Waals surface area (Å²) < 4.78 is 0. The third-order valence-corrected chi connectivity index (χ3v) is 2.81. The number of hydrogen-bond acceptors (Lipinski definition) is 3.